The van der Waals surface area contributed by atoms with E-state index < -0.39 is 146 Å². The number of nitrogens with zero attached hydrogens (tertiary/aromatic N) is 4. The van der Waals surface area contributed by atoms with Gasteiger partial charge in [0.1, 0.15) is 60.4 Å². The van der Waals surface area contributed by atoms with Crippen LogP contribution >= 0.6 is 0 Å². The summed E-state index contributed by atoms with van der Waals surface area (Å²) >= 11 is 0. The maximum atomic E-state index is 14.5. The van der Waals surface area contributed by atoms with E-state index in [-0.39, 0.29) is 50.2 Å². The standard InChI is InChI=1S/C52H87N9O15.N2/c1-6-28(3)24-29(4)14-12-10-8-9-11-13-15-39(68)55-34-26-38(67)46(54-22-21-53)59-50(74)43-37(66)20-23-60(43)52(76)41(36(65)7-2)57-49(73)42(45(70)44(69)31-16-18-32(63)19-17-31)58-48(72)35-25-33(64)27-61(35)51(75)40(30(5)62)56-47(34)71;1-2/h16-19,28-30,33-38,40-46,54,62-67,69-70H,6-15,20-27,53H2,1-5H3,(H,55,68)(H,56,71)(H,57,73)(H,58,72)(H,59,74);/t28?,29?,30-,33-,34+,35-,36-,37+,38-,40-,41?,42-,43-,44-,45-,46+;/m0./s1. The number of unbranched alkanes of at least 4 members (excludes halogenated alkanes) is 5. The first-order chi connectivity index (χ1) is 37.0. The summed E-state index contributed by atoms with van der Waals surface area (Å²) in [7, 11) is 0. The molecule has 1 aromatic carbocycles. The summed E-state index contributed by atoms with van der Waals surface area (Å²) in [5, 5.41) is 116. The average Bonchev–Trinajstić information content (AvgIpc) is 4.02. The minimum absolute atomic E-state index is 0.0191. The van der Waals surface area contributed by atoms with Crippen LogP contribution in [-0.2, 0) is 33.6 Å². The molecular weight excluding hydrogens is 1020 g/mol. The van der Waals surface area contributed by atoms with Crippen LogP contribution in [0.2, 0.25) is 0 Å². The highest BCUT2D eigenvalue weighted by atomic mass is 16.3. The summed E-state index contributed by atoms with van der Waals surface area (Å²) in [6.07, 6.45) is -6.47. The molecule has 3 heterocycles. The molecule has 0 saturated carbocycles. The zero-order valence-electron chi connectivity index (χ0n) is 45.6. The molecule has 3 fully saturated rings. The Bertz CT molecular complexity index is 2110. The van der Waals surface area contributed by atoms with Crippen LogP contribution in [0.5, 0.6) is 5.75 Å². The first-order valence-corrected chi connectivity index (χ1v) is 27.3. The second-order valence-electron chi connectivity index (χ2n) is 21.1. The maximum Gasteiger partial charge on any atom is 0.248 e. The number of nitrogens with two attached hydrogens (primary N) is 1. The number of aliphatic hydroxyl groups is 7. The Morgan fingerprint density at radius 3 is 1.95 bits per heavy atom. The SMILES string of the molecule is CCC(C)CC(C)CCCCCCCCC(=O)N[C@@H]1C[C@H](O)[C@H](NCCN)NC(=O)[C@@H]2[C@H](O)CCN2C(=O)C([C@@H](O)CC)NC(=O)[C@H]([C@H](O)[C@@H](O)c2ccc(O)cc2)NC(=O)[C@@H]2C[C@H](O)CN2C(=O)[C@H]([C@H](C)O)NC1=O.N#N. The molecule has 4 rings (SSSR count). The number of phenols is 1. The smallest absolute Gasteiger partial charge is 0.248 e. The van der Waals surface area contributed by atoms with Crippen LogP contribution < -0.4 is 37.6 Å². The molecule has 3 saturated heterocycles. The first-order valence-electron chi connectivity index (χ1n) is 27.3. The normalized spacial score (nSPS) is 28.1. The van der Waals surface area contributed by atoms with Crippen LogP contribution in [0.25, 0.3) is 0 Å². The summed E-state index contributed by atoms with van der Waals surface area (Å²) < 4.78 is 0. The fourth-order valence-electron chi connectivity index (χ4n) is 10.1. The Balaban J connectivity index is 0.00000790. The first kappa shape index (κ1) is 66.6. The lowest BCUT2D eigenvalue weighted by molar-refractivity contribution is -0.148. The fourth-order valence-corrected chi connectivity index (χ4v) is 10.1. The Morgan fingerprint density at radius 2 is 1.33 bits per heavy atom. The molecule has 3 aliphatic rings. The number of aliphatic hydroxyl groups excluding tert-OH is 7. The van der Waals surface area contributed by atoms with Gasteiger partial charge in [-0.05, 0) is 62.1 Å². The molecule has 0 spiro atoms. The molecular formula is C52H87N11O15. The van der Waals surface area contributed by atoms with E-state index in [0.717, 1.165) is 61.7 Å². The zero-order valence-corrected chi connectivity index (χ0v) is 45.6. The number of nitrogens with one attached hydrogen (secondary N) is 6. The lowest BCUT2D eigenvalue weighted by Gasteiger charge is -2.35. The van der Waals surface area contributed by atoms with E-state index in [1.165, 1.54) is 37.6 Å². The zero-order chi connectivity index (χ0) is 58.4. The van der Waals surface area contributed by atoms with Crippen molar-refractivity contribution >= 4 is 41.4 Å². The van der Waals surface area contributed by atoms with E-state index in [2.05, 4.69) is 52.7 Å². The van der Waals surface area contributed by atoms with Gasteiger partial charge in [-0.15, -0.1) is 0 Å². The van der Waals surface area contributed by atoms with E-state index in [4.69, 9.17) is 16.5 Å². The van der Waals surface area contributed by atoms with Crippen molar-refractivity contribution < 1.29 is 74.4 Å². The molecule has 78 heavy (non-hydrogen) atoms. The van der Waals surface area contributed by atoms with Gasteiger partial charge in [0.25, 0.3) is 0 Å². The summed E-state index contributed by atoms with van der Waals surface area (Å²) in [4.78, 5) is 102. The second-order valence-corrected chi connectivity index (χ2v) is 21.1. The quantitative estimate of drug-likeness (QED) is 0.0432. The number of hydrogen-bond donors (Lipinski definition) is 15. The van der Waals surface area contributed by atoms with Gasteiger partial charge in [0, 0.05) is 56.2 Å². The van der Waals surface area contributed by atoms with Crippen LogP contribution in [0.15, 0.2) is 24.3 Å². The molecule has 3 unspecified atom stereocenters. The van der Waals surface area contributed by atoms with Crippen molar-refractivity contribution in [3.05, 3.63) is 29.8 Å². The third-order valence-electron chi connectivity index (χ3n) is 14.8. The number of carbonyl (C=O) groups excluding carboxylic acids is 7. The van der Waals surface area contributed by atoms with Crippen molar-refractivity contribution in [1.82, 2.24) is 41.7 Å². The Morgan fingerprint density at radius 1 is 0.731 bits per heavy atom. The minimum Gasteiger partial charge on any atom is -0.508 e. The van der Waals surface area contributed by atoms with Gasteiger partial charge in [-0.3, -0.25) is 38.9 Å². The van der Waals surface area contributed by atoms with E-state index >= 15 is 0 Å². The van der Waals surface area contributed by atoms with Crippen molar-refractivity contribution in [2.45, 2.75) is 210 Å². The molecule has 26 nitrogen and oxygen atoms in total. The van der Waals surface area contributed by atoms with Crippen molar-refractivity contribution in [2.75, 3.05) is 26.2 Å². The Labute approximate surface area is 456 Å². The van der Waals surface area contributed by atoms with Gasteiger partial charge in [0.2, 0.25) is 41.4 Å². The summed E-state index contributed by atoms with van der Waals surface area (Å²) in [5.74, 6) is -6.28. The highest BCUT2D eigenvalue weighted by Crippen LogP contribution is 2.27. The Kier molecular flexibility index (Phi) is 28.3. The Hall–Kier alpha value is -5.63. The maximum absolute atomic E-state index is 14.5. The lowest BCUT2D eigenvalue weighted by Crippen LogP contribution is -2.64. The van der Waals surface area contributed by atoms with E-state index in [1.54, 1.807) is 0 Å². The number of benzene rings is 1. The van der Waals surface area contributed by atoms with Gasteiger partial charge in [0.05, 0.1) is 30.5 Å². The van der Waals surface area contributed by atoms with Crippen molar-refractivity contribution in [3.8, 4) is 5.75 Å². The largest absolute Gasteiger partial charge is 0.508 e. The second kappa shape index (κ2) is 33.1. The van der Waals surface area contributed by atoms with E-state index in [1.807, 2.05) is 0 Å². The van der Waals surface area contributed by atoms with Gasteiger partial charge in [-0.2, -0.15) is 0 Å². The van der Waals surface area contributed by atoms with Crippen molar-refractivity contribution in [2.24, 2.45) is 17.6 Å². The van der Waals surface area contributed by atoms with E-state index in [0.29, 0.717) is 18.3 Å². The fraction of sp³-hybridized carbons (Fsp3) is 0.750. The number of phenolic OH excluding ortho intramolecular Hbond substituents is 1. The van der Waals surface area contributed by atoms with Crippen LogP contribution in [0.4, 0.5) is 0 Å². The number of amides is 7. The number of aromatic hydroxyl groups is 1. The summed E-state index contributed by atoms with van der Waals surface area (Å²) in [5.41, 5.74) is 5.74. The molecule has 16 N–H and O–H groups in total. The number of hydrogen-bond acceptors (Lipinski definition) is 19. The average molecular weight is 1110 g/mol. The third-order valence-corrected chi connectivity index (χ3v) is 14.8. The monoisotopic (exact) mass is 1110 g/mol. The molecule has 16 atom stereocenters. The summed E-state index contributed by atoms with van der Waals surface area (Å²) in [6, 6.07) is -6.18. The molecule has 1 aromatic rings. The number of carbonyl (C=O) groups is 7. The topological polar surface area (TPSA) is 434 Å². The van der Waals surface area contributed by atoms with Gasteiger partial charge in [-0.25, -0.2) is 0 Å². The molecule has 7 amide bonds. The predicted octanol–water partition coefficient (Wildman–Crippen LogP) is -2.22. The molecule has 3 aliphatic heterocycles. The molecule has 26 heteroatoms. The van der Waals surface area contributed by atoms with Gasteiger partial charge in [-0.1, -0.05) is 84.8 Å². The van der Waals surface area contributed by atoms with Gasteiger partial charge < -0.3 is 83.0 Å². The van der Waals surface area contributed by atoms with Crippen LogP contribution in [-0.4, -0.2) is 197 Å². The third kappa shape index (κ3) is 19.3. The molecule has 0 bridgehead atoms. The molecule has 440 valence electrons. The molecule has 0 aromatic heterocycles. The highest BCUT2D eigenvalue weighted by Gasteiger charge is 2.49. The molecule has 0 radical (unpaired) electrons. The molecule has 0 aliphatic carbocycles. The highest BCUT2D eigenvalue weighted by molar-refractivity contribution is 5.98. The van der Waals surface area contributed by atoms with Crippen LogP contribution in [0, 0.1) is 22.6 Å². The van der Waals surface area contributed by atoms with Gasteiger partial charge >= 0.3 is 0 Å². The number of fused-ring (bicyclic) bond motifs is 2. The van der Waals surface area contributed by atoms with Crippen molar-refractivity contribution in [3.63, 3.8) is 0 Å². The van der Waals surface area contributed by atoms with Crippen LogP contribution in [0.1, 0.15) is 136 Å². The predicted molar refractivity (Wildman–Crippen MR) is 280 cm³/mol. The van der Waals surface area contributed by atoms with Crippen molar-refractivity contribution in [1.29, 1.82) is 10.8 Å². The number of rotatable bonds is 22. The van der Waals surface area contributed by atoms with Crippen LogP contribution in [0.3, 0.4) is 0 Å². The van der Waals surface area contributed by atoms with Gasteiger partial charge in [0.15, 0.2) is 0 Å². The minimum atomic E-state index is -2.25. The lowest BCUT2D eigenvalue weighted by atomic mass is 9.91. The summed E-state index contributed by atoms with van der Waals surface area (Å²) in [6.45, 7) is 8.51. The van der Waals surface area contributed by atoms with E-state index in [9.17, 15) is 74.4 Å².